The molecule has 2 bridgehead atoms. The molecule has 39 heavy (non-hydrogen) atoms. The third kappa shape index (κ3) is 4.04. The molecule has 0 amide bonds. The van der Waals surface area contributed by atoms with Crippen molar-refractivity contribution in [1.29, 1.82) is 0 Å². The summed E-state index contributed by atoms with van der Waals surface area (Å²) >= 11 is 0. The van der Waals surface area contributed by atoms with E-state index in [0.29, 0.717) is 30.9 Å². The number of aliphatic carboxylic acids is 1. The monoisotopic (exact) mass is 545 g/mol. The van der Waals surface area contributed by atoms with Crippen LogP contribution in [-0.4, -0.2) is 89.6 Å². The molecule has 0 radical (unpaired) electrons. The first-order chi connectivity index (χ1) is 18.4. The number of carboxylic acids is 1. The fourth-order valence-corrected chi connectivity index (χ4v) is 6.61. The van der Waals surface area contributed by atoms with Crippen molar-refractivity contribution in [3.63, 3.8) is 0 Å². The van der Waals surface area contributed by atoms with Crippen LogP contribution in [0.15, 0.2) is 24.0 Å². The molecule has 1 aromatic rings. The number of likely N-dealkylation sites (N-methyl/N-ethyl adjacent to an activating group) is 1. The van der Waals surface area contributed by atoms with E-state index in [0.717, 1.165) is 18.1 Å². The molecule has 1 spiro atoms. The third-order valence-electron chi connectivity index (χ3n) is 8.35. The highest BCUT2D eigenvalue weighted by Crippen LogP contribution is 2.65. The predicted molar refractivity (Wildman–Crippen MR) is 131 cm³/mol. The molecule has 1 aromatic carbocycles. The average Bonchev–Trinajstić information content (AvgIpc) is 3.22. The molecule has 2 heterocycles. The van der Waals surface area contributed by atoms with Crippen LogP contribution in [0.25, 0.3) is 0 Å². The summed E-state index contributed by atoms with van der Waals surface area (Å²) in [5.41, 5.74) is -0.119. The molecule has 0 saturated carbocycles. The molecule has 12 heteroatoms. The molecule has 6 atom stereocenters. The van der Waals surface area contributed by atoms with Crippen LogP contribution in [0.5, 0.6) is 11.5 Å². The minimum absolute atomic E-state index is 0.169. The fraction of sp³-hybridized carbons (Fsp3) is 0.556. The van der Waals surface area contributed by atoms with Gasteiger partial charge in [0.15, 0.2) is 23.7 Å². The standard InChI is InChI=1S/C27H31NO11/c1-13(36-20(30)12-18(24(31)32)37-14(2)29)25(33)38-17-7-8-27(34)19-11-15-5-6-16(35-4)22-21(15)26(27,23(17)39-22)9-10-28(19)3/h5-7,13,18-19,23,34H,8-12H2,1-4H3,(H,31,32)/t13-,18-,19-,23-,26-,27+/m0/s1. The molecule has 2 aliphatic carbocycles. The van der Waals surface area contributed by atoms with Gasteiger partial charge < -0.3 is 38.8 Å². The van der Waals surface area contributed by atoms with Crippen molar-refractivity contribution >= 4 is 23.9 Å². The molecule has 2 aliphatic heterocycles. The first kappa shape index (κ1) is 26.9. The molecule has 1 fully saturated rings. The Labute approximate surface area is 224 Å². The van der Waals surface area contributed by atoms with Crippen LogP contribution in [0, 0.1) is 0 Å². The first-order valence-corrected chi connectivity index (χ1v) is 12.7. The number of hydrogen-bond acceptors (Lipinski definition) is 11. The van der Waals surface area contributed by atoms with Crippen molar-refractivity contribution in [2.24, 2.45) is 0 Å². The Hall–Kier alpha value is -3.64. The second kappa shape index (κ2) is 9.53. The maximum Gasteiger partial charge on any atom is 0.352 e. The molecular formula is C27H31NO11. The number of methoxy groups -OCH3 is 1. The van der Waals surface area contributed by atoms with Crippen LogP contribution in [0.1, 0.15) is 44.2 Å². The zero-order valence-corrected chi connectivity index (χ0v) is 22.1. The quantitative estimate of drug-likeness (QED) is 0.351. The van der Waals surface area contributed by atoms with Gasteiger partial charge in [-0.15, -0.1) is 0 Å². The van der Waals surface area contributed by atoms with Crippen molar-refractivity contribution in [3.8, 4) is 11.5 Å². The van der Waals surface area contributed by atoms with Gasteiger partial charge in [0.2, 0.25) is 6.10 Å². The van der Waals surface area contributed by atoms with Crippen LogP contribution >= 0.6 is 0 Å². The second-order valence-electron chi connectivity index (χ2n) is 10.5. The SMILES string of the molecule is COc1ccc2c3c1O[C@H]1C(OC(=O)[C@H](C)OC(=O)C[C@H](OC(C)=O)C(=O)O)=CC[C@@]4(O)[C@H](C2)N(C)CC[C@]314. The predicted octanol–water partition coefficient (Wildman–Crippen LogP) is 0.854. The highest BCUT2D eigenvalue weighted by atomic mass is 16.6. The molecule has 4 aliphatic rings. The number of benzene rings is 1. The summed E-state index contributed by atoms with van der Waals surface area (Å²) in [5.74, 6) is -3.10. The largest absolute Gasteiger partial charge is 0.493 e. The van der Waals surface area contributed by atoms with Crippen molar-refractivity contribution in [3.05, 3.63) is 35.1 Å². The van der Waals surface area contributed by atoms with E-state index in [-0.39, 0.29) is 18.2 Å². The van der Waals surface area contributed by atoms with Gasteiger partial charge in [-0.2, -0.15) is 0 Å². The van der Waals surface area contributed by atoms with Gasteiger partial charge in [-0.1, -0.05) is 6.07 Å². The lowest BCUT2D eigenvalue weighted by Gasteiger charge is -2.61. The third-order valence-corrected chi connectivity index (χ3v) is 8.35. The molecule has 5 rings (SSSR count). The van der Waals surface area contributed by atoms with E-state index in [2.05, 4.69) is 9.64 Å². The van der Waals surface area contributed by atoms with Gasteiger partial charge in [0.05, 0.1) is 24.5 Å². The summed E-state index contributed by atoms with van der Waals surface area (Å²) in [6.45, 7) is 3.00. The number of piperidine rings is 1. The number of nitrogens with zero attached hydrogens (tertiary/aromatic N) is 1. The van der Waals surface area contributed by atoms with E-state index < -0.39 is 59.6 Å². The summed E-state index contributed by atoms with van der Waals surface area (Å²) in [6.07, 6.45) is -1.67. The molecular weight excluding hydrogens is 514 g/mol. The van der Waals surface area contributed by atoms with E-state index in [4.69, 9.17) is 24.1 Å². The van der Waals surface area contributed by atoms with E-state index >= 15 is 0 Å². The zero-order valence-electron chi connectivity index (χ0n) is 22.1. The number of carboxylic acid groups (broad SMARTS) is 1. The first-order valence-electron chi connectivity index (χ1n) is 12.7. The zero-order chi connectivity index (χ0) is 28.3. The summed E-state index contributed by atoms with van der Waals surface area (Å²) in [5, 5.41) is 21.4. The normalized spacial score (nSPS) is 29.6. The summed E-state index contributed by atoms with van der Waals surface area (Å²) in [7, 11) is 3.53. The molecule has 1 saturated heterocycles. The maximum absolute atomic E-state index is 13.0. The lowest BCUT2D eigenvalue weighted by molar-refractivity contribution is -0.177. The summed E-state index contributed by atoms with van der Waals surface area (Å²) in [6, 6.07) is 3.65. The summed E-state index contributed by atoms with van der Waals surface area (Å²) in [4.78, 5) is 49.8. The minimum atomic E-state index is -1.74. The van der Waals surface area contributed by atoms with Crippen LogP contribution in [0.4, 0.5) is 0 Å². The highest BCUT2D eigenvalue weighted by molar-refractivity contribution is 5.85. The van der Waals surface area contributed by atoms with Crippen LogP contribution in [0.2, 0.25) is 0 Å². The Bertz CT molecular complexity index is 1270. The van der Waals surface area contributed by atoms with Gasteiger partial charge in [0.1, 0.15) is 5.76 Å². The minimum Gasteiger partial charge on any atom is -0.493 e. The van der Waals surface area contributed by atoms with Gasteiger partial charge in [-0.25, -0.2) is 9.59 Å². The maximum atomic E-state index is 13.0. The average molecular weight is 546 g/mol. The number of likely N-dealkylation sites (tertiary alicyclic amines) is 1. The number of carbonyl (C=O) groups excluding carboxylic acids is 3. The van der Waals surface area contributed by atoms with Crippen LogP contribution in [-0.2, 0) is 45.2 Å². The molecule has 0 unspecified atom stereocenters. The van der Waals surface area contributed by atoms with Crippen molar-refractivity contribution in [2.45, 2.75) is 74.9 Å². The fourth-order valence-electron chi connectivity index (χ4n) is 6.61. The number of rotatable bonds is 8. The van der Waals surface area contributed by atoms with E-state index in [1.807, 2.05) is 19.2 Å². The Morgan fingerprint density at radius 3 is 2.64 bits per heavy atom. The van der Waals surface area contributed by atoms with Gasteiger partial charge >= 0.3 is 23.9 Å². The lowest BCUT2D eigenvalue weighted by atomic mass is 9.50. The Kier molecular flexibility index (Phi) is 6.58. The van der Waals surface area contributed by atoms with Crippen molar-refractivity contribution < 1.29 is 53.1 Å². The van der Waals surface area contributed by atoms with Crippen molar-refractivity contribution in [1.82, 2.24) is 4.90 Å². The topological polar surface area (TPSA) is 158 Å². The van der Waals surface area contributed by atoms with Crippen LogP contribution < -0.4 is 9.47 Å². The van der Waals surface area contributed by atoms with E-state index in [1.165, 1.54) is 14.0 Å². The number of carbonyl (C=O) groups is 4. The van der Waals surface area contributed by atoms with E-state index in [1.54, 1.807) is 6.08 Å². The van der Waals surface area contributed by atoms with Crippen molar-refractivity contribution in [2.75, 3.05) is 20.7 Å². The number of hydrogen-bond donors (Lipinski definition) is 2. The smallest absolute Gasteiger partial charge is 0.352 e. The number of ether oxygens (including phenoxy) is 5. The van der Waals surface area contributed by atoms with Gasteiger partial charge in [0.25, 0.3) is 0 Å². The Morgan fingerprint density at radius 1 is 1.23 bits per heavy atom. The summed E-state index contributed by atoms with van der Waals surface area (Å²) < 4.78 is 27.4. The Morgan fingerprint density at radius 2 is 1.97 bits per heavy atom. The molecule has 210 valence electrons. The molecule has 0 aromatic heterocycles. The number of aliphatic hydroxyl groups is 1. The second-order valence-corrected chi connectivity index (χ2v) is 10.5. The van der Waals surface area contributed by atoms with Gasteiger partial charge in [-0.3, -0.25) is 9.59 Å². The van der Waals surface area contributed by atoms with Gasteiger partial charge in [-0.05, 0) is 51.1 Å². The highest BCUT2D eigenvalue weighted by Gasteiger charge is 2.72. The molecule has 2 N–H and O–H groups in total. The molecule has 12 nitrogen and oxygen atoms in total. The van der Waals surface area contributed by atoms with E-state index in [9.17, 15) is 24.3 Å². The number of esters is 3. The van der Waals surface area contributed by atoms with Gasteiger partial charge in [0, 0.05) is 24.9 Å². The lowest BCUT2D eigenvalue weighted by Crippen LogP contribution is -2.74. The van der Waals surface area contributed by atoms with Crippen LogP contribution in [0.3, 0.4) is 0 Å². The Balaban J connectivity index is 1.38.